The zero-order valence-corrected chi connectivity index (χ0v) is 18.3. The number of aromatic amines is 1. The van der Waals surface area contributed by atoms with Gasteiger partial charge in [-0.05, 0) is 49.5 Å². The maximum atomic E-state index is 13.4. The lowest BCUT2D eigenvalue weighted by molar-refractivity contribution is -0.286. The van der Waals surface area contributed by atoms with Gasteiger partial charge in [-0.3, -0.25) is 9.89 Å². The van der Waals surface area contributed by atoms with E-state index in [1.54, 1.807) is 24.3 Å². The molecule has 1 aliphatic heterocycles. The summed E-state index contributed by atoms with van der Waals surface area (Å²) in [6.07, 6.45) is -3.72. The first-order chi connectivity index (χ1) is 15.9. The van der Waals surface area contributed by atoms with Crippen molar-refractivity contribution in [2.75, 3.05) is 36.8 Å². The monoisotopic (exact) mass is 457 g/mol. The number of para-hydroxylation sites is 1. The number of carbonyl (C=O) groups is 1. The van der Waals surface area contributed by atoms with E-state index in [1.165, 1.54) is 12.1 Å². The highest BCUT2D eigenvalue weighted by molar-refractivity contribution is 6.04. The Bertz CT molecular complexity index is 1110. The molecule has 33 heavy (non-hydrogen) atoms. The van der Waals surface area contributed by atoms with Gasteiger partial charge in [0.05, 0.1) is 5.69 Å². The Morgan fingerprint density at radius 2 is 1.88 bits per heavy atom. The predicted octanol–water partition coefficient (Wildman–Crippen LogP) is 4.40. The molecule has 174 valence electrons. The van der Waals surface area contributed by atoms with E-state index in [9.17, 15) is 13.6 Å². The van der Waals surface area contributed by atoms with Crippen LogP contribution in [0.3, 0.4) is 0 Å². The van der Waals surface area contributed by atoms with Gasteiger partial charge in [0, 0.05) is 36.0 Å². The van der Waals surface area contributed by atoms with Crippen LogP contribution in [-0.4, -0.2) is 53.5 Å². The molecule has 0 spiro atoms. The lowest BCUT2D eigenvalue weighted by Gasteiger charge is -2.18. The highest BCUT2D eigenvalue weighted by atomic mass is 19.3. The predicted molar refractivity (Wildman–Crippen MR) is 121 cm³/mol. The number of alkyl halides is 2. The van der Waals surface area contributed by atoms with Gasteiger partial charge in [-0.2, -0.15) is 5.10 Å². The second-order valence-corrected chi connectivity index (χ2v) is 7.45. The van der Waals surface area contributed by atoms with Gasteiger partial charge >= 0.3 is 6.29 Å². The Kier molecular flexibility index (Phi) is 6.45. The Labute approximate surface area is 189 Å². The Morgan fingerprint density at radius 3 is 2.61 bits per heavy atom. The smallest absolute Gasteiger partial charge is 0.395 e. The third-order valence-corrected chi connectivity index (χ3v) is 5.33. The summed E-state index contributed by atoms with van der Waals surface area (Å²) in [7, 11) is 0. The van der Waals surface area contributed by atoms with Gasteiger partial charge in [-0.25, -0.2) is 0 Å². The summed E-state index contributed by atoms with van der Waals surface area (Å²) in [6, 6.07) is 13.2. The summed E-state index contributed by atoms with van der Waals surface area (Å²) in [4.78, 5) is 14.9. The molecular weight excluding hydrogens is 432 g/mol. The lowest BCUT2D eigenvalue weighted by Crippen LogP contribution is -2.28. The fraction of sp³-hybridized carbons (Fsp3) is 0.304. The molecule has 1 amide bonds. The van der Waals surface area contributed by atoms with Crippen LogP contribution in [0.5, 0.6) is 11.5 Å². The molecule has 0 aliphatic carbocycles. The number of fused-ring (bicyclic) bond motifs is 1. The maximum absolute atomic E-state index is 13.4. The van der Waals surface area contributed by atoms with Crippen LogP contribution in [0.2, 0.25) is 0 Å². The van der Waals surface area contributed by atoms with Crippen LogP contribution >= 0.6 is 0 Å². The van der Waals surface area contributed by atoms with E-state index in [4.69, 9.17) is 0 Å². The molecule has 0 unspecified atom stereocenters. The number of amides is 1. The van der Waals surface area contributed by atoms with Crippen molar-refractivity contribution < 1.29 is 23.0 Å². The number of rotatable bonds is 9. The average Bonchev–Trinajstić information content (AvgIpc) is 3.39. The van der Waals surface area contributed by atoms with Crippen molar-refractivity contribution >= 4 is 17.4 Å². The van der Waals surface area contributed by atoms with Gasteiger partial charge in [0.25, 0.3) is 5.91 Å². The molecule has 1 aromatic heterocycles. The zero-order valence-electron chi connectivity index (χ0n) is 18.3. The molecule has 1 aliphatic rings. The van der Waals surface area contributed by atoms with Crippen LogP contribution in [-0.2, 0) is 0 Å². The molecule has 2 heterocycles. The van der Waals surface area contributed by atoms with Crippen molar-refractivity contribution in [2.24, 2.45) is 0 Å². The van der Waals surface area contributed by atoms with Crippen molar-refractivity contribution in [3.05, 3.63) is 54.1 Å². The van der Waals surface area contributed by atoms with Crippen LogP contribution < -0.4 is 20.1 Å². The standard InChI is InChI=1S/C23H25F2N5O3/c1-3-30(4-2)13-12-26-16-10-8-15(9-11-16)22(31)27-20-14-18(28-29-20)17-6-5-7-19-21(17)33-23(24,25)32-19/h5-11,14,26H,3-4,12-13H2,1-2H3,(H2,27,28,29,31). The number of hydrogen-bond donors (Lipinski definition) is 3. The van der Waals surface area contributed by atoms with Crippen LogP contribution in [0, 0.1) is 0 Å². The molecule has 0 radical (unpaired) electrons. The molecule has 0 saturated carbocycles. The normalized spacial score (nSPS) is 13.8. The highest BCUT2D eigenvalue weighted by Gasteiger charge is 2.44. The molecule has 0 atom stereocenters. The van der Waals surface area contributed by atoms with Crippen LogP contribution in [0.4, 0.5) is 20.3 Å². The van der Waals surface area contributed by atoms with Crippen molar-refractivity contribution in [2.45, 2.75) is 20.1 Å². The summed E-state index contributed by atoms with van der Waals surface area (Å²) in [5.41, 5.74) is 2.05. The maximum Gasteiger partial charge on any atom is 0.586 e. The van der Waals surface area contributed by atoms with Crippen molar-refractivity contribution in [1.29, 1.82) is 0 Å². The largest absolute Gasteiger partial charge is 0.586 e. The van der Waals surface area contributed by atoms with Gasteiger partial charge < -0.3 is 25.0 Å². The number of nitrogens with one attached hydrogen (secondary N) is 3. The molecule has 3 aromatic rings. The highest BCUT2D eigenvalue weighted by Crippen LogP contribution is 2.46. The third-order valence-electron chi connectivity index (χ3n) is 5.33. The Morgan fingerprint density at radius 1 is 1.12 bits per heavy atom. The molecule has 0 fully saturated rings. The van der Waals surface area contributed by atoms with E-state index in [0.717, 1.165) is 31.9 Å². The first-order valence-electron chi connectivity index (χ1n) is 10.7. The van der Waals surface area contributed by atoms with E-state index < -0.39 is 6.29 Å². The number of H-pyrrole nitrogens is 1. The number of anilines is 2. The minimum Gasteiger partial charge on any atom is -0.395 e. The van der Waals surface area contributed by atoms with Crippen molar-refractivity contribution in [3.63, 3.8) is 0 Å². The van der Waals surface area contributed by atoms with Gasteiger partial charge in [0.15, 0.2) is 11.5 Å². The summed E-state index contributed by atoms with van der Waals surface area (Å²) in [6.45, 7) is 8.03. The van der Waals surface area contributed by atoms with Crippen LogP contribution in [0.25, 0.3) is 11.3 Å². The molecule has 2 aromatic carbocycles. The van der Waals surface area contributed by atoms with Crippen molar-refractivity contribution in [3.8, 4) is 22.8 Å². The Balaban J connectivity index is 1.37. The number of halogens is 2. The van der Waals surface area contributed by atoms with Gasteiger partial charge in [0.1, 0.15) is 5.82 Å². The number of carbonyl (C=O) groups excluding carboxylic acids is 1. The molecular formula is C23H25F2N5O3. The molecule has 0 bridgehead atoms. The molecule has 3 N–H and O–H groups in total. The number of nitrogens with zero attached hydrogens (tertiary/aromatic N) is 2. The van der Waals surface area contributed by atoms with Gasteiger partial charge in [0.2, 0.25) is 0 Å². The zero-order chi connectivity index (χ0) is 23.4. The first-order valence-corrected chi connectivity index (χ1v) is 10.7. The van der Waals surface area contributed by atoms with Crippen LogP contribution in [0.1, 0.15) is 24.2 Å². The second kappa shape index (κ2) is 9.45. The molecule has 10 heteroatoms. The second-order valence-electron chi connectivity index (χ2n) is 7.45. The van der Waals surface area contributed by atoms with Crippen LogP contribution in [0.15, 0.2) is 48.5 Å². The minimum absolute atomic E-state index is 0.0723. The Hall–Kier alpha value is -3.66. The lowest BCUT2D eigenvalue weighted by atomic mass is 10.1. The van der Waals surface area contributed by atoms with Gasteiger partial charge in [-0.15, -0.1) is 8.78 Å². The number of likely N-dealkylation sites (N-methyl/N-ethyl adjacent to an activating group) is 1. The fourth-order valence-electron chi connectivity index (χ4n) is 3.53. The number of ether oxygens (including phenoxy) is 2. The third kappa shape index (κ3) is 5.23. The quantitative estimate of drug-likeness (QED) is 0.441. The number of benzene rings is 2. The minimum atomic E-state index is -3.72. The van der Waals surface area contributed by atoms with E-state index >= 15 is 0 Å². The van der Waals surface area contributed by atoms with E-state index in [1.807, 2.05) is 12.1 Å². The van der Waals surface area contributed by atoms with Gasteiger partial charge in [-0.1, -0.05) is 19.9 Å². The first kappa shape index (κ1) is 22.5. The SMILES string of the molecule is CCN(CC)CCNc1ccc(C(=O)Nc2cc(-c3cccc4c3OC(F)(F)O4)n[nH]2)cc1. The topological polar surface area (TPSA) is 91.5 Å². The summed E-state index contributed by atoms with van der Waals surface area (Å²) >= 11 is 0. The van der Waals surface area contributed by atoms with E-state index in [-0.39, 0.29) is 17.4 Å². The summed E-state index contributed by atoms with van der Waals surface area (Å²) in [5.74, 6) is -0.183. The molecule has 8 nitrogen and oxygen atoms in total. The molecule has 0 saturated heterocycles. The molecule has 4 rings (SSSR count). The summed E-state index contributed by atoms with van der Waals surface area (Å²) in [5, 5.41) is 12.9. The number of aromatic nitrogens is 2. The van der Waals surface area contributed by atoms with E-state index in [0.29, 0.717) is 22.6 Å². The average molecular weight is 457 g/mol. The van der Waals surface area contributed by atoms with E-state index in [2.05, 4.69) is 49.1 Å². The summed E-state index contributed by atoms with van der Waals surface area (Å²) < 4.78 is 35.9. The number of hydrogen-bond acceptors (Lipinski definition) is 6. The fourth-order valence-corrected chi connectivity index (χ4v) is 3.53. The van der Waals surface area contributed by atoms with Crippen molar-refractivity contribution in [1.82, 2.24) is 15.1 Å².